The van der Waals surface area contributed by atoms with E-state index >= 15 is 0 Å². The van der Waals surface area contributed by atoms with Crippen LogP contribution in [0.5, 0.6) is 0 Å². The first-order valence-electron chi connectivity index (χ1n) is 10.7. The first-order valence-corrected chi connectivity index (χ1v) is 11.6. The molecule has 1 fully saturated rings. The first-order chi connectivity index (χ1) is 15.2. The number of rotatable bonds is 6. The molecule has 1 unspecified atom stereocenters. The van der Waals surface area contributed by atoms with E-state index in [1.54, 1.807) is 0 Å². The summed E-state index contributed by atoms with van der Waals surface area (Å²) >= 11 is 1.48. The molecule has 2 N–H and O–H groups in total. The average Bonchev–Trinajstić information content (AvgIpc) is 3.52. The van der Waals surface area contributed by atoms with Crippen LogP contribution in [0.3, 0.4) is 0 Å². The number of aromatic nitrogens is 1. The van der Waals surface area contributed by atoms with E-state index in [1.165, 1.54) is 16.2 Å². The topological polar surface area (TPSA) is 76.6 Å². The van der Waals surface area contributed by atoms with E-state index in [-0.39, 0.29) is 24.3 Å². The predicted molar refractivity (Wildman–Crippen MR) is 121 cm³/mol. The summed E-state index contributed by atoms with van der Waals surface area (Å²) in [5.74, 6) is -0.297. The van der Waals surface area contributed by atoms with Gasteiger partial charge >= 0.3 is 0 Å². The Morgan fingerprint density at radius 2 is 2.00 bits per heavy atom. The van der Waals surface area contributed by atoms with Crippen molar-refractivity contribution in [3.8, 4) is 0 Å². The molecule has 0 radical (unpaired) electrons. The molecule has 2 aromatic heterocycles. The third-order valence-corrected chi connectivity index (χ3v) is 7.17. The van der Waals surface area contributed by atoms with Gasteiger partial charge in [-0.15, -0.1) is 11.3 Å². The Balaban J connectivity index is 1.43. The zero-order valence-corrected chi connectivity index (χ0v) is 18.0. The van der Waals surface area contributed by atoms with Gasteiger partial charge in [-0.3, -0.25) is 14.5 Å². The van der Waals surface area contributed by atoms with Crippen molar-refractivity contribution in [1.82, 2.24) is 14.8 Å². The molecule has 2 amide bonds. The van der Waals surface area contributed by atoms with Crippen LogP contribution in [0.2, 0.25) is 0 Å². The average molecular weight is 436 g/mol. The zero-order valence-electron chi connectivity index (χ0n) is 17.2. The maximum Gasteiger partial charge on any atom is 0.277 e. The number of hydrogen-bond donors (Lipinski definition) is 2. The number of thiophene rings is 1. The van der Waals surface area contributed by atoms with Gasteiger partial charge in [0.15, 0.2) is 0 Å². The SMILES string of the molecule is O=C1C(c2cccs2)=C(N2CCCC(CO)C2)C(=O)N1CCc1c[nH]c2ccccc12. The lowest BCUT2D eigenvalue weighted by Gasteiger charge is -2.34. The van der Waals surface area contributed by atoms with Crippen LogP contribution in [0, 0.1) is 5.92 Å². The lowest BCUT2D eigenvalue weighted by Crippen LogP contribution is -2.41. The summed E-state index contributed by atoms with van der Waals surface area (Å²) in [5.41, 5.74) is 3.17. The molecule has 0 aliphatic carbocycles. The fourth-order valence-electron chi connectivity index (χ4n) is 4.69. The van der Waals surface area contributed by atoms with Gasteiger partial charge in [0, 0.05) is 48.2 Å². The van der Waals surface area contributed by atoms with E-state index in [0.717, 1.165) is 40.7 Å². The Kier molecular flexibility index (Phi) is 5.38. The van der Waals surface area contributed by atoms with Crippen molar-refractivity contribution in [2.75, 3.05) is 26.2 Å². The molecule has 4 heterocycles. The Morgan fingerprint density at radius 3 is 2.81 bits per heavy atom. The number of aliphatic hydroxyl groups excluding tert-OH is 1. The molecule has 5 rings (SSSR count). The smallest absolute Gasteiger partial charge is 0.277 e. The number of carbonyl (C=O) groups is 2. The number of nitrogens with zero attached hydrogens (tertiary/aromatic N) is 2. The molecule has 1 aromatic carbocycles. The number of nitrogens with one attached hydrogen (secondary N) is 1. The molecule has 0 saturated carbocycles. The highest BCUT2D eigenvalue weighted by Gasteiger charge is 2.42. The third-order valence-electron chi connectivity index (χ3n) is 6.28. The monoisotopic (exact) mass is 435 g/mol. The van der Waals surface area contributed by atoms with E-state index in [1.807, 2.05) is 46.8 Å². The number of H-pyrrole nitrogens is 1. The van der Waals surface area contributed by atoms with Crippen molar-refractivity contribution in [3.05, 3.63) is 64.1 Å². The minimum Gasteiger partial charge on any atom is -0.396 e. The van der Waals surface area contributed by atoms with E-state index < -0.39 is 0 Å². The number of fused-ring (bicyclic) bond motifs is 1. The Hall–Kier alpha value is -2.90. The predicted octanol–water partition coefficient (Wildman–Crippen LogP) is 3.26. The van der Waals surface area contributed by atoms with Crippen LogP contribution in [0.4, 0.5) is 0 Å². The standard InChI is InChI=1S/C24H25N3O3S/c28-15-16-5-3-10-26(14-16)22-21(20-8-4-12-31-20)23(29)27(24(22)30)11-9-17-13-25-19-7-2-1-6-18(17)19/h1-2,4,6-8,12-13,16,25,28H,3,5,9-11,14-15H2. The van der Waals surface area contributed by atoms with Crippen molar-refractivity contribution in [1.29, 1.82) is 0 Å². The van der Waals surface area contributed by atoms with Gasteiger partial charge in [0.25, 0.3) is 11.8 Å². The number of aromatic amines is 1. The summed E-state index contributed by atoms with van der Waals surface area (Å²) in [6, 6.07) is 11.9. The number of amides is 2. The van der Waals surface area contributed by atoms with Gasteiger partial charge in [-0.2, -0.15) is 0 Å². The maximum absolute atomic E-state index is 13.5. The highest BCUT2D eigenvalue weighted by molar-refractivity contribution is 7.11. The molecule has 0 bridgehead atoms. The zero-order chi connectivity index (χ0) is 21.4. The number of hydrogen-bond acceptors (Lipinski definition) is 5. The summed E-state index contributed by atoms with van der Waals surface area (Å²) in [4.78, 5) is 34.4. The number of imide groups is 1. The van der Waals surface area contributed by atoms with Gasteiger partial charge in [-0.1, -0.05) is 24.3 Å². The lowest BCUT2D eigenvalue weighted by molar-refractivity contribution is -0.137. The van der Waals surface area contributed by atoms with E-state index in [0.29, 0.717) is 30.8 Å². The largest absolute Gasteiger partial charge is 0.396 e. The summed E-state index contributed by atoms with van der Waals surface area (Å²) in [6.07, 6.45) is 4.41. The Morgan fingerprint density at radius 1 is 1.13 bits per heavy atom. The fraction of sp³-hybridized carbons (Fsp3) is 0.333. The van der Waals surface area contributed by atoms with Crippen LogP contribution in [0.15, 0.2) is 53.7 Å². The second-order valence-corrected chi connectivity index (χ2v) is 9.16. The summed E-state index contributed by atoms with van der Waals surface area (Å²) in [5, 5.41) is 12.7. The third kappa shape index (κ3) is 3.58. The highest BCUT2D eigenvalue weighted by Crippen LogP contribution is 2.36. The van der Waals surface area contributed by atoms with Gasteiger partial charge in [0.1, 0.15) is 5.70 Å². The van der Waals surface area contributed by atoms with Gasteiger partial charge < -0.3 is 15.0 Å². The quantitative estimate of drug-likeness (QED) is 0.583. The number of carbonyl (C=O) groups excluding carboxylic acids is 2. The highest BCUT2D eigenvalue weighted by atomic mass is 32.1. The molecule has 0 spiro atoms. The summed E-state index contributed by atoms with van der Waals surface area (Å²) in [7, 11) is 0. The minimum absolute atomic E-state index is 0.102. The van der Waals surface area contributed by atoms with E-state index in [2.05, 4.69) is 11.1 Å². The van der Waals surface area contributed by atoms with Crippen molar-refractivity contribution in [2.45, 2.75) is 19.3 Å². The van der Waals surface area contributed by atoms with Gasteiger partial charge in [0.2, 0.25) is 0 Å². The van der Waals surface area contributed by atoms with Gasteiger partial charge in [-0.25, -0.2) is 0 Å². The number of benzene rings is 1. The van der Waals surface area contributed by atoms with Crippen LogP contribution < -0.4 is 0 Å². The van der Waals surface area contributed by atoms with Crippen molar-refractivity contribution in [3.63, 3.8) is 0 Å². The molecule has 160 valence electrons. The van der Waals surface area contributed by atoms with Crippen LogP contribution in [-0.4, -0.2) is 57.9 Å². The number of likely N-dealkylation sites (tertiary alicyclic amines) is 1. The molecule has 2 aliphatic rings. The second-order valence-electron chi connectivity index (χ2n) is 8.21. The molecule has 3 aromatic rings. The molecule has 2 aliphatic heterocycles. The molecular formula is C24H25N3O3S. The minimum atomic E-state index is -0.216. The van der Waals surface area contributed by atoms with E-state index in [9.17, 15) is 14.7 Å². The number of para-hydroxylation sites is 1. The summed E-state index contributed by atoms with van der Waals surface area (Å²) in [6.45, 7) is 1.78. The van der Waals surface area contributed by atoms with Crippen molar-refractivity contribution < 1.29 is 14.7 Å². The van der Waals surface area contributed by atoms with Crippen molar-refractivity contribution in [2.24, 2.45) is 5.92 Å². The van der Waals surface area contributed by atoms with Crippen LogP contribution in [-0.2, 0) is 16.0 Å². The number of piperidine rings is 1. The number of aliphatic hydroxyl groups is 1. The molecule has 7 heteroatoms. The fourth-order valence-corrected chi connectivity index (χ4v) is 5.45. The molecule has 1 atom stereocenters. The Labute approximate surface area is 184 Å². The first kappa shape index (κ1) is 20.0. The Bertz CT molecular complexity index is 1150. The lowest BCUT2D eigenvalue weighted by atomic mass is 9.98. The molecule has 1 saturated heterocycles. The normalized spacial score (nSPS) is 19.8. The molecule has 6 nitrogen and oxygen atoms in total. The second kappa shape index (κ2) is 8.32. The van der Waals surface area contributed by atoms with Crippen LogP contribution in [0.25, 0.3) is 16.5 Å². The van der Waals surface area contributed by atoms with Gasteiger partial charge in [0.05, 0.1) is 5.57 Å². The van der Waals surface area contributed by atoms with Crippen molar-refractivity contribution >= 4 is 39.6 Å². The summed E-state index contributed by atoms with van der Waals surface area (Å²) < 4.78 is 0. The van der Waals surface area contributed by atoms with Crippen LogP contribution >= 0.6 is 11.3 Å². The molecular weight excluding hydrogens is 410 g/mol. The van der Waals surface area contributed by atoms with Gasteiger partial charge in [-0.05, 0) is 48.3 Å². The van der Waals surface area contributed by atoms with E-state index in [4.69, 9.17) is 0 Å². The molecule has 31 heavy (non-hydrogen) atoms. The van der Waals surface area contributed by atoms with Crippen LogP contribution in [0.1, 0.15) is 23.3 Å². The maximum atomic E-state index is 13.5.